The van der Waals surface area contributed by atoms with E-state index < -0.39 is 0 Å². The van der Waals surface area contributed by atoms with Crippen LogP contribution in [0.25, 0.3) is 0 Å². The van der Waals surface area contributed by atoms with Gasteiger partial charge in [0.2, 0.25) is 5.91 Å². The van der Waals surface area contributed by atoms with Crippen LogP contribution in [-0.2, 0) is 4.79 Å². The molecule has 0 aliphatic carbocycles. The average molecular weight is 373 g/mol. The summed E-state index contributed by atoms with van der Waals surface area (Å²) >= 11 is 0. The lowest BCUT2D eigenvalue weighted by molar-refractivity contribution is -0.130. The minimum Gasteiger partial charge on any atom is -0.459 e. The zero-order chi connectivity index (χ0) is 19.6. The Bertz CT molecular complexity index is 752. The van der Waals surface area contributed by atoms with Crippen LogP contribution in [0.5, 0.6) is 0 Å². The van der Waals surface area contributed by atoms with Crippen molar-refractivity contribution < 1.29 is 14.0 Å². The molecule has 3 aliphatic rings. The van der Waals surface area contributed by atoms with Crippen molar-refractivity contribution >= 4 is 11.8 Å². The summed E-state index contributed by atoms with van der Waals surface area (Å²) in [4.78, 5) is 31.8. The maximum absolute atomic E-state index is 13.1. The van der Waals surface area contributed by atoms with Crippen LogP contribution < -0.4 is 0 Å². The van der Waals surface area contributed by atoms with E-state index in [0.29, 0.717) is 18.8 Å². The number of hydrogen-bond acceptors (Lipinski definition) is 4. The van der Waals surface area contributed by atoms with E-state index in [2.05, 4.69) is 32.6 Å². The summed E-state index contributed by atoms with van der Waals surface area (Å²) in [6, 6.07) is 1.92. The summed E-state index contributed by atoms with van der Waals surface area (Å²) < 4.78 is 5.56. The number of carbonyl (C=O) groups is 2. The van der Waals surface area contributed by atoms with Crippen LogP contribution in [0.1, 0.15) is 56.2 Å². The minimum absolute atomic E-state index is 0.00350. The Kier molecular flexibility index (Phi) is 4.18. The van der Waals surface area contributed by atoms with Gasteiger partial charge in [0.05, 0.1) is 12.3 Å². The molecule has 6 nitrogen and oxygen atoms in total. The van der Waals surface area contributed by atoms with Crippen LogP contribution >= 0.6 is 0 Å². The number of furan rings is 1. The first-order valence-corrected chi connectivity index (χ1v) is 10.0. The molecule has 0 bridgehead atoms. The fraction of sp³-hybridized carbons (Fsp3) is 0.714. The molecule has 1 aromatic heterocycles. The molecule has 0 spiro atoms. The van der Waals surface area contributed by atoms with Gasteiger partial charge in [-0.3, -0.25) is 14.5 Å². The Morgan fingerprint density at radius 2 is 1.81 bits per heavy atom. The summed E-state index contributed by atoms with van der Waals surface area (Å²) in [7, 11) is 1.89. The number of carbonyl (C=O) groups excluding carboxylic acids is 2. The predicted molar refractivity (Wildman–Crippen MR) is 103 cm³/mol. The van der Waals surface area contributed by atoms with Crippen molar-refractivity contribution in [3.8, 4) is 0 Å². The van der Waals surface area contributed by atoms with Crippen molar-refractivity contribution in [1.29, 1.82) is 0 Å². The lowest BCUT2D eigenvalue weighted by atomic mass is 9.71. The van der Waals surface area contributed by atoms with Crippen molar-refractivity contribution in [1.82, 2.24) is 14.7 Å². The van der Waals surface area contributed by atoms with E-state index in [1.165, 1.54) is 0 Å². The Morgan fingerprint density at radius 3 is 2.33 bits per heavy atom. The maximum atomic E-state index is 13.1. The number of rotatable bonds is 3. The SMILES string of the molecule is CC(C)c1ccoc1C(=O)N1C[C@@]2(C)CN(C3CCN(C)C3=O)C[C@@]2(C)C1. The molecule has 0 saturated carbocycles. The van der Waals surface area contributed by atoms with Gasteiger partial charge < -0.3 is 14.2 Å². The third kappa shape index (κ3) is 2.72. The highest BCUT2D eigenvalue weighted by atomic mass is 16.3. The molecule has 3 fully saturated rings. The summed E-state index contributed by atoms with van der Waals surface area (Å²) in [6.45, 7) is 12.7. The van der Waals surface area contributed by atoms with Crippen LogP contribution in [0.3, 0.4) is 0 Å². The van der Waals surface area contributed by atoms with E-state index in [0.717, 1.165) is 31.6 Å². The van der Waals surface area contributed by atoms with Gasteiger partial charge in [-0.05, 0) is 18.4 Å². The molecule has 0 aromatic carbocycles. The number of likely N-dealkylation sites (N-methyl/N-ethyl adjacent to an activating group) is 1. The Hall–Kier alpha value is -1.82. The Morgan fingerprint density at radius 1 is 1.19 bits per heavy atom. The highest BCUT2D eigenvalue weighted by Gasteiger charge is 2.60. The van der Waals surface area contributed by atoms with E-state index in [9.17, 15) is 9.59 Å². The maximum Gasteiger partial charge on any atom is 0.289 e. The number of hydrogen-bond donors (Lipinski definition) is 0. The van der Waals surface area contributed by atoms with Crippen molar-refractivity contribution in [3.05, 3.63) is 23.7 Å². The van der Waals surface area contributed by atoms with E-state index >= 15 is 0 Å². The summed E-state index contributed by atoms with van der Waals surface area (Å²) in [5.41, 5.74) is 0.970. The molecule has 4 rings (SSSR count). The monoisotopic (exact) mass is 373 g/mol. The normalized spacial score (nSPS) is 34.1. The molecular formula is C21H31N3O3. The quantitative estimate of drug-likeness (QED) is 0.816. The lowest BCUT2D eigenvalue weighted by Gasteiger charge is -2.30. The standard InChI is InChI=1S/C21H31N3O3/c1-14(2)15-7-9-27-17(15)19(26)24-12-20(3)10-23(11-21(20,4)13-24)16-6-8-22(5)18(16)25/h7,9,14,16H,6,8,10-13H2,1-5H3/t16?,20-,21+. The lowest BCUT2D eigenvalue weighted by Crippen LogP contribution is -2.43. The first kappa shape index (κ1) is 18.5. The van der Waals surface area contributed by atoms with E-state index in [1.807, 2.05) is 22.9 Å². The number of likely N-dealkylation sites (tertiary alicyclic amines) is 3. The van der Waals surface area contributed by atoms with E-state index in [1.54, 1.807) is 6.26 Å². The second kappa shape index (κ2) is 6.09. The predicted octanol–water partition coefficient (Wildman–Crippen LogP) is 2.42. The summed E-state index contributed by atoms with van der Waals surface area (Å²) in [5.74, 6) is 0.995. The van der Waals surface area contributed by atoms with Gasteiger partial charge in [-0.2, -0.15) is 0 Å². The van der Waals surface area contributed by atoms with Gasteiger partial charge in [0.15, 0.2) is 5.76 Å². The van der Waals surface area contributed by atoms with Crippen molar-refractivity contribution in [3.63, 3.8) is 0 Å². The largest absolute Gasteiger partial charge is 0.459 e. The Labute approximate surface area is 161 Å². The number of nitrogens with zero attached hydrogens (tertiary/aromatic N) is 3. The molecule has 0 radical (unpaired) electrons. The first-order chi connectivity index (χ1) is 12.7. The molecule has 1 aromatic rings. The van der Waals surface area contributed by atoms with Crippen LogP contribution in [-0.4, -0.2) is 72.3 Å². The van der Waals surface area contributed by atoms with Crippen LogP contribution in [0.2, 0.25) is 0 Å². The highest BCUT2D eigenvalue weighted by Crippen LogP contribution is 2.52. The zero-order valence-corrected chi connectivity index (χ0v) is 17.1. The molecule has 4 heterocycles. The third-order valence-corrected chi connectivity index (χ3v) is 7.28. The Balaban J connectivity index is 1.51. The van der Waals surface area contributed by atoms with E-state index in [4.69, 9.17) is 4.42 Å². The molecule has 148 valence electrons. The molecule has 27 heavy (non-hydrogen) atoms. The van der Waals surface area contributed by atoms with Crippen molar-refractivity contribution in [2.24, 2.45) is 10.8 Å². The topological polar surface area (TPSA) is 57.0 Å². The minimum atomic E-state index is -0.00527. The van der Waals surface area contributed by atoms with Gasteiger partial charge in [-0.1, -0.05) is 27.7 Å². The summed E-state index contributed by atoms with van der Waals surface area (Å²) in [6.07, 6.45) is 2.53. The number of amides is 2. The van der Waals surface area contributed by atoms with Gasteiger partial charge >= 0.3 is 0 Å². The molecule has 2 amide bonds. The average Bonchev–Trinajstić information content (AvgIpc) is 3.29. The summed E-state index contributed by atoms with van der Waals surface area (Å²) in [5, 5.41) is 0. The van der Waals surface area contributed by atoms with Crippen LogP contribution in [0.15, 0.2) is 16.7 Å². The smallest absolute Gasteiger partial charge is 0.289 e. The van der Waals surface area contributed by atoms with Crippen molar-refractivity contribution in [2.75, 3.05) is 39.8 Å². The molecule has 1 unspecified atom stereocenters. The van der Waals surface area contributed by atoms with Gasteiger partial charge in [-0.25, -0.2) is 0 Å². The molecule has 3 saturated heterocycles. The first-order valence-electron chi connectivity index (χ1n) is 10.0. The molecule has 3 atom stereocenters. The number of fused-ring (bicyclic) bond motifs is 1. The fourth-order valence-electron chi connectivity index (χ4n) is 5.31. The fourth-order valence-corrected chi connectivity index (χ4v) is 5.31. The molecular weight excluding hydrogens is 342 g/mol. The van der Waals surface area contributed by atoms with Gasteiger partial charge in [0.25, 0.3) is 5.91 Å². The zero-order valence-electron chi connectivity index (χ0n) is 17.1. The third-order valence-electron chi connectivity index (χ3n) is 7.28. The van der Waals surface area contributed by atoms with E-state index in [-0.39, 0.29) is 34.6 Å². The second-order valence-electron chi connectivity index (χ2n) is 9.61. The molecule has 6 heteroatoms. The van der Waals surface area contributed by atoms with Gasteiger partial charge in [-0.15, -0.1) is 0 Å². The molecule has 0 N–H and O–H groups in total. The van der Waals surface area contributed by atoms with Crippen molar-refractivity contribution in [2.45, 2.75) is 46.1 Å². The highest BCUT2D eigenvalue weighted by molar-refractivity contribution is 5.93. The molecule has 3 aliphatic heterocycles. The van der Waals surface area contributed by atoms with Gasteiger partial charge in [0.1, 0.15) is 0 Å². The van der Waals surface area contributed by atoms with Gasteiger partial charge in [0, 0.05) is 56.2 Å². The second-order valence-corrected chi connectivity index (χ2v) is 9.61. The van der Waals surface area contributed by atoms with Crippen LogP contribution in [0, 0.1) is 10.8 Å². The van der Waals surface area contributed by atoms with Crippen LogP contribution in [0.4, 0.5) is 0 Å².